The van der Waals surface area contributed by atoms with Crippen molar-refractivity contribution in [1.29, 1.82) is 10.5 Å². The second kappa shape index (κ2) is 6.83. The molecule has 0 aliphatic heterocycles. The van der Waals surface area contributed by atoms with Gasteiger partial charge in [-0.2, -0.15) is 10.5 Å². The molecule has 1 aromatic carbocycles. The van der Waals surface area contributed by atoms with Gasteiger partial charge in [0.05, 0.1) is 29.3 Å². The van der Waals surface area contributed by atoms with Crippen molar-refractivity contribution in [1.82, 2.24) is 24.5 Å². The van der Waals surface area contributed by atoms with Crippen LogP contribution in [0.4, 0.5) is 5.82 Å². The van der Waals surface area contributed by atoms with Crippen LogP contribution in [0.1, 0.15) is 17.1 Å². The zero-order valence-corrected chi connectivity index (χ0v) is 15.8. The molecule has 148 valence electrons. The molecule has 0 unspecified atom stereocenters. The average Bonchev–Trinajstić information content (AvgIpc) is 3.39. The summed E-state index contributed by atoms with van der Waals surface area (Å²) in [6.45, 7) is 0.207. The minimum Gasteiger partial charge on any atom is -0.467 e. The largest absolute Gasteiger partial charge is 0.467 e. The summed E-state index contributed by atoms with van der Waals surface area (Å²) >= 11 is 0. The zero-order valence-electron chi connectivity index (χ0n) is 15.8. The lowest BCUT2D eigenvalue weighted by Crippen LogP contribution is -2.10. The van der Waals surface area contributed by atoms with Crippen molar-refractivity contribution in [3.05, 3.63) is 70.2 Å². The highest BCUT2D eigenvalue weighted by atomic mass is 16.3. The summed E-state index contributed by atoms with van der Waals surface area (Å²) in [6, 6.07) is 14.2. The maximum absolute atomic E-state index is 12.6. The number of nitrogens with zero attached hydrogens (tertiary/aromatic N) is 6. The number of aromatic nitrogens is 5. The predicted octanol–water partition coefficient (Wildman–Crippen LogP) is 2.30. The third kappa shape index (κ3) is 2.79. The van der Waals surface area contributed by atoms with E-state index in [1.54, 1.807) is 41.0 Å². The van der Waals surface area contributed by atoms with E-state index in [4.69, 9.17) is 10.2 Å². The van der Waals surface area contributed by atoms with E-state index in [1.165, 1.54) is 6.26 Å². The van der Waals surface area contributed by atoms with E-state index in [2.05, 4.69) is 19.9 Å². The molecule has 0 atom stereocenters. The number of hydrogen-bond donors (Lipinski definition) is 2. The number of rotatable bonds is 3. The van der Waals surface area contributed by atoms with Gasteiger partial charge in [-0.15, -0.1) is 0 Å². The van der Waals surface area contributed by atoms with Crippen molar-refractivity contribution >= 4 is 27.9 Å². The minimum absolute atomic E-state index is 0.125. The van der Waals surface area contributed by atoms with Gasteiger partial charge in [0.1, 0.15) is 35.1 Å². The van der Waals surface area contributed by atoms with Gasteiger partial charge in [0, 0.05) is 0 Å². The Kier molecular flexibility index (Phi) is 3.98. The van der Waals surface area contributed by atoms with Gasteiger partial charge in [-0.25, -0.2) is 15.0 Å². The lowest BCUT2D eigenvalue weighted by atomic mass is 10.2. The molecule has 0 amide bonds. The summed E-state index contributed by atoms with van der Waals surface area (Å²) in [5.41, 5.74) is 7.17. The molecule has 0 aliphatic carbocycles. The number of furan rings is 1. The number of hydrogen-bond acceptors (Lipinski definition) is 8. The van der Waals surface area contributed by atoms with Gasteiger partial charge < -0.3 is 19.7 Å². The Bertz CT molecular complexity index is 1610. The first-order valence-corrected chi connectivity index (χ1v) is 9.12. The summed E-state index contributed by atoms with van der Waals surface area (Å²) in [6.07, 6.45) is 1.53. The van der Waals surface area contributed by atoms with Crippen molar-refractivity contribution in [2.45, 2.75) is 6.54 Å². The van der Waals surface area contributed by atoms with Crippen molar-refractivity contribution in [2.24, 2.45) is 0 Å². The van der Waals surface area contributed by atoms with E-state index in [0.717, 1.165) is 0 Å². The summed E-state index contributed by atoms with van der Waals surface area (Å²) < 4.78 is 7.02. The van der Waals surface area contributed by atoms with Crippen LogP contribution in [0.5, 0.6) is 0 Å². The van der Waals surface area contributed by atoms with Crippen LogP contribution in [-0.2, 0) is 6.54 Å². The Hall–Kier alpha value is -4.96. The molecule has 4 aromatic heterocycles. The molecular weight excluding hydrogens is 396 g/mol. The number of H-pyrrole nitrogens is 1. The maximum Gasteiger partial charge on any atom is 0.259 e. The van der Waals surface area contributed by atoms with E-state index >= 15 is 0 Å². The molecule has 0 spiro atoms. The van der Waals surface area contributed by atoms with E-state index in [-0.39, 0.29) is 46.3 Å². The predicted molar refractivity (Wildman–Crippen MR) is 111 cm³/mol. The fourth-order valence-electron chi connectivity index (χ4n) is 3.47. The van der Waals surface area contributed by atoms with Crippen LogP contribution in [0.3, 0.4) is 0 Å². The molecule has 10 nitrogen and oxygen atoms in total. The van der Waals surface area contributed by atoms with Crippen LogP contribution < -0.4 is 11.3 Å². The molecule has 0 saturated heterocycles. The highest BCUT2D eigenvalue weighted by molar-refractivity contribution is 5.98. The number of fused-ring (bicyclic) bond motifs is 2. The van der Waals surface area contributed by atoms with Crippen LogP contribution in [0.2, 0.25) is 0 Å². The number of nitrogens with one attached hydrogen (secondary N) is 1. The lowest BCUT2D eigenvalue weighted by Gasteiger charge is -2.06. The first-order chi connectivity index (χ1) is 15.1. The molecule has 10 heteroatoms. The molecule has 3 N–H and O–H groups in total. The standard InChI is InChI=1S/C21H12N8O2/c22-8-14-15(9-23)27-20-17(25-14)16(18(24)29(20)10-11-4-3-7-31-11)19-26-13-6-2-1-5-12(13)21(30)28-19/h1-7H,10,24H2,(H,26,28,30). The van der Waals surface area contributed by atoms with Crippen LogP contribution in [0, 0.1) is 22.7 Å². The minimum atomic E-state index is -0.339. The van der Waals surface area contributed by atoms with Gasteiger partial charge in [0.2, 0.25) is 0 Å². The fourth-order valence-corrected chi connectivity index (χ4v) is 3.47. The molecule has 5 aromatic rings. The Morgan fingerprint density at radius 1 is 1.06 bits per heavy atom. The average molecular weight is 408 g/mol. The maximum atomic E-state index is 12.6. The molecule has 0 bridgehead atoms. The van der Waals surface area contributed by atoms with Crippen molar-refractivity contribution in [2.75, 3.05) is 5.73 Å². The second-order valence-corrected chi connectivity index (χ2v) is 6.67. The number of nitriles is 2. The van der Waals surface area contributed by atoms with E-state index in [1.807, 2.05) is 12.1 Å². The quantitative estimate of drug-likeness (QED) is 0.459. The summed E-state index contributed by atoms with van der Waals surface area (Å²) in [4.78, 5) is 28.5. The Morgan fingerprint density at radius 3 is 2.58 bits per heavy atom. The van der Waals surface area contributed by atoms with Gasteiger partial charge >= 0.3 is 0 Å². The highest BCUT2D eigenvalue weighted by Gasteiger charge is 2.24. The number of para-hydroxylation sites is 1. The number of nitrogen functional groups attached to an aromatic ring is 1. The van der Waals surface area contributed by atoms with Crippen LogP contribution >= 0.6 is 0 Å². The molecule has 4 heterocycles. The SMILES string of the molecule is N#Cc1nc2c(-c3nc4ccccc4c(=O)[nH]3)c(N)n(Cc3ccco3)c2nc1C#N. The molecule has 0 saturated carbocycles. The van der Waals surface area contributed by atoms with Crippen molar-refractivity contribution in [3.8, 4) is 23.5 Å². The third-order valence-corrected chi connectivity index (χ3v) is 4.87. The number of aromatic amines is 1. The highest BCUT2D eigenvalue weighted by Crippen LogP contribution is 2.34. The molecule has 0 fully saturated rings. The smallest absolute Gasteiger partial charge is 0.259 e. The first-order valence-electron chi connectivity index (χ1n) is 9.12. The lowest BCUT2D eigenvalue weighted by molar-refractivity contribution is 0.497. The van der Waals surface area contributed by atoms with Gasteiger partial charge in [0.25, 0.3) is 5.56 Å². The van der Waals surface area contributed by atoms with E-state index in [9.17, 15) is 15.3 Å². The molecule has 0 radical (unpaired) electrons. The van der Waals surface area contributed by atoms with Gasteiger partial charge in [-0.3, -0.25) is 4.79 Å². The summed E-state index contributed by atoms with van der Waals surface area (Å²) in [5.74, 6) is 0.996. The van der Waals surface area contributed by atoms with Crippen LogP contribution in [-0.4, -0.2) is 24.5 Å². The number of nitrogens with two attached hydrogens (primary N) is 1. The molecular formula is C21H12N8O2. The number of benzene rings is 1. The molecule has 0 aliphatic rings. The number of anilines is 1. The third-order valence-electron chi connectivity index (χ3n) is 4.87. The Labute approximate surface area is 173 Å². The first kappa shape index (κ1) is 18.1. The Morgan fingerprint density at radius 2 is 1.84 bits per heavy atom. The van der Waals surface area contributed by atoms with Crippen molar-refractivity contribution < 1.29 is 4.42 Å². The second-order valence-electron chi connectivity index (χ2n) is 6.67. The zero-order chi connectivity index (χ0) is 21.5. The molecule has 31 heavy (non-hydrogen) atoms. The van der Waals surface area contributed by atoms with Gasteiger partial charge in [-0.05, 0) is 24.3 Å². The molecule has 5 rings (SSSR count). The normalized spacial score (nSPS) is 10.9. The van der Waals surface area contributed by atoms with E-state index < -0.39 is 0 Å². The summed E-state index contributed by atoms with van der Waals surface area (Å²) in [5, 5.41) is 19.2. The topological polar surface area (TPSA) is 163 Å². The van der Waals surface area contributed by atoms with Crippen LogP contribution in [0.15, 0.2) is 51.9 Å². The van der Waals surface area contributed by atoms with Gasteiger partial charge in [-0.1, -0.05) is 12.1 Å². The monoisotopic (exact) mass is 408 g/mol. The summed E-state index contributed by atoms with van der Waals surface area (Å²) in [7, 11) is 0. The van der Waals surface area contributed by atoms with E-state index in [0.29, 0.717) is 22.2 Å². The van der Waals surface area contributed by atoms with Crippen molar-refractivity contribution in [3.63, 3.8) is 0 Å². The fraction of sp³-hybridized carbons (Fsp3) is 0.0476. The van der Waals surface area contributed by atoms with Crippen LogP contribution in [0.25, 0.3) is 33.5 Å². The Balaban J connectivity index is 1.86. The van der Waals surface area contributed by atoms with Gasteiger partial charge in [0.15, 0.2) is 17.0 Å².